The molecule has 0 unspecified atom stereocenters. The highest BCUT2D eigenvalue weighted by molar-refractivity contribution is 7.85. The molecule has 8 aromatic carbocycles. The molecule has 4 heteroatoms. The van der Waals surface area contributed by atoms with E-state index >= 15 is 4.57 Å². The minimum Gasteiger partial charge on any atom is -0.309 e. The zero-order valence-electron chi connectivity index (χ0n) is 28.3. The number of para-hydroxylation sites is 4. The van der Waals surface area contributed by atoms with Crippen LogP contribution in [0.3, 0.4) is 0 Å². The molecule has 10 rings (SSSR count). The molecule has 52 heavy (non-hydrogen) atoms. The SMILES string of the molecule is O=P(c1cccc(-c2ccccc2)c1)(c1ccc2c(c1)c1ccccc1n2-c1ccccc1)c1ccc2c(c1)c1ccccc1n2-c1ccccc1. The van der Waals surface area contributed by atoms with Crippen LogP contribution in [-0.2, 0) is 4.57 Å². The maximum Gasteiger partial charge on any atom is 0.171 e. The van der Waals surface area contributed by atoms with E-state index in [1.165, 1.54) is 0 Å². The van der Waals surface area contributed by atoms with Gasteiger partial charge in [0.2, 0.25) is 0 Å². The molecule has 3 nitrogen and oxygen atoms in total. The van der Waals surface area contributed by atoms with Crippen LogP contribution in [0.25, 0.3) is 66.1 Å². The molecular weight excluding hydrogens is 652 g/mol. The Morgan fingerprint density at radius 1 is 0.308 bits per heavy atom. The standard InChI is InChI=1S/C48H33N2OP/c51-52(38-22-14-17-35(31-38)34-15-4-1-5-16-34,39-27-29-47-43(32-39)41-23-10-12-25-45(41)49(47)36-18-6-2-7-19-36)40-28-30-48-44(33-40)42-24-11-13-26-46(42)50(48)37-20-8-3-9-21-37/h1-33H. The third-order valence-electron chi connectivity index (χ3n) is 10.4. The van der Waals surface area contributed by atoms with Gasteiger partial charge in [-0.1, -0.05) is 121 Å². The average molecular weight is 685 g/mol. The van der Waals surface area contributed by atoms with Crippen molar-refractivity contribution in [1.82, 2.24) is 9.13 Å². The molecule has 0 saturated carbocycles. The van der Waals surface area contributed by atoms with Gasteiger partial charge in [0.1, 0.15) is 0 Å². The molecular formula is C48H33N2OP. The number of benzene rings is 8. The molecule has 0 amide bonds. The van der Waals surface area contributed by atoms with Crippen LogP contribution in [0.1, 0.15) is 0 Å². The molecule has 0 aliphatic carbocycles. The van der Waals surface area contributed by atoms with Gasteiger partial charge in [0.25, 0.3) is 0 Å². The van der Waals surface area contributed by atoms with Gasteiger partial charge in [0, 0.05) is 48.8 Å². The van der Waals surface area contributed by atoms with Crippen molar-refractivity contribution in [1.29, 1.82) is 0 Å². The first-order valence-electron chi connectivity index (χ1n) is 17.6. The van der Waals surface area contributed by atoms with Gasteiger partial charge in [-0.3, -0.25) is 0 Å². The Morgan fingerprint density at radius 3 is 1.23 bits per heavy atom. The van der Waals surface area contributed by atoms with E-state index in [9.17, 15) is 0 Å². The molecule has 0 spiro atoms. The van der Waals surface area contributed by atoms with E-state index in [-0.39, 0.29) is 0 Å². The smallest absolute Gasteiger partial charge is 0.171 e. The van der Waals surface area contributed by atoms with E-state index in [1.54, 1.807) is 0 Å². The van der Waals surface area contributed by atoms with Crippen LogP contribution in [0, 0.1) is 0 Å². The van der Waals surface area contributed by atoms with Crippen LogP contribution < -0.4 is 15.9 Å². The van der Waals surface area contributed by atoms with Gasteiger partial charge in [-0.25, -0.2) is 0 Å². The lowest BCUT2D eigenvalue weighted by atomic mass is 10.1. The van der Waals surface area contributed by atoms with Gasteiger partial charge in [-0.2, -0.15) is 0 Å². The van der Waals surface area contributed by atoms with Crippen molar-refractivity contribution in [3.05, 3.63) is 200 Å². The first-order chi connectivity index (χ1) is 25.7. The van der Waals surface area contributed by atoms with Crippen molar-refractivity contribution in [2.24, 2.45) is 0 Å². The summed E-state index contributed by atoms with van der Waals surface area (Å²) < 4.78 is 21.1. The summed E-state index contributed by atoms with van der Waals surface area (Å²) in [5, 5.41) is 6.87. The highest BCUT2D eigenvalue weighted by Gasteiger charge is 2.32. The summed E-state index contributed by atoms with van der Waals surface area (Å²) in [4.78, 5) is 0. The second-order valence-electron chi connectivity index (χ2n) is 13.3. The lowest BCUT2D eigenvalue weighted by Crippen LogP contribution is -2.25. The third kappa shape index (κ3) is 4.71. The zero-order chi connectivity index (χ0) is 34.6. The predicted molar refractivity (Wildman–Crippen MR) is 220 cm³/mol. The monoisotopic (exact) mass is 684 g/mol. The zero-order valence-corrected chi connectivity index (χ0v) is 29.2. The summed E-state index contributed by atoms with van der Waals surface area (Å²) in [5.41, 5.74) is 8.75. The van der Waals surface area contributed by atoms with Gasteiger partial charge in [-0.05, 0) is 90.0 Å². The number of aromatic nitrogens is 2. The molecule has 0 bridgehead atoms. The first-order valence-corrected chi connectivity index (χ1v) is 19.3. The second-order valence-corrected chi connectivity index (χ2v) is 16.1. The van der Waals surface area contributed by atoms with Crippen LogP contribution in [0.5, 0.6) is 0 Å². The van der Waals surface area contributed by atoms with Gasteiger partial charge in [0.15, 0.2) is 7.14 Å². The Morgan fingerprint density at radius 2 is 0.712 bits per heavy atom. The molecule has 246 valence electrons. The first kappa shape index (κ1) is 30.4. The fourth-order valence-corrected chi connectivity index (χ4v) is 10.7. The number of fused-ring (bicyclic) bond motifs is 6. The van der Waals surface area contributed by atoms with Crippen LogP contribution in [0.4, 0.5) is 0 Å². The van der Waals surface area contributed by atoms with Gasteiger partial charge < -0.3 is 13.7 Å². The van der Waals surface area contributed by atoms with Crippen molar-refractivity contribution < 1.29 is 4.57 Å². The van der Waals surface area contributed by atoms with E-state index < -0.39 is 7.14 Å². The van der Waals surface area contributed by atoms with Gasteiger partial charge in [0.05, 0.1) is 22.1 Å². The van der Waals surface area contributed by atoms with Crippen molar-refractivity contribution in [3.8, 4) is 22.5 Å². The van der Waals surface area contributed by atoms with Crippen LogP contribution in [-0.4, -0.2) is 9.13 Å². The molecule has 0 atom stereocenters. The van der Waals surface area contributed by atoms with Crippen LogP contribution in [0.15, 0.2) is 200 Å². The largest absolute Gasteiger partial charge is 0.309 e. The molecule has 0 saturated heterocycles. The molecule has 0 fully saturated rings. The Labute approximate surface area is 302 Å². The number of hydrogen-bond acceptors (Lipinski definition) is 1. The molecule has 0 N–H and O–H groups in total. The van der Waals surface area contributed by atoms with Crippen LogP contribution >= 0.6 is 7.14 Å². The Balaban J connectivity index is 1.26. The van der Waals surface area contributed by atoms with E-state index in [2.05, 4.69) is 179 Å². The number of rotatable bonds is 6. The summed E-state index contributed by atoms with van der Waals surface area (Å²) in [7, 11) is -3.43. The minimum atomic E-state index is -3.43. The molecule has 10 aromatic rings. The predicted octanol–water partition coefficient (Wildman–Crippen LogP) is 11.2. The fourth-order valence-electron chi connectivity index (χ4n) is 7.98. The highest BCUT2D eigenvalue weighted by Crippen LogP contribution is 2.46. The Bertz CT molecular complexity index is 2820. The minimum absolute atomic E-state index is 0.811. The molecule has 2 heterocycles. The maximum absolute atomic E-state index is 16.5. The lowest BCUT2D eigenvalue weighted by molar-refractivity contribution is 0.592. The summed E-state index contributed by atoms with van der Waals surface area (Å²) in [6, 6.07) is 69.5. The normalized spacial score (nSPS) is 11.9. The molecule has 0 aliphatic rings. The number of hydrogen-bond donors (Lipinski definition) is 0. The van der Waals surface area contributed by atoms with E-state index in [0.29, 0.717) is 0 Å². The van der Waals surface area contributed by atoms with E-state index in [1.807, 2.05) is 30.3 Å². The summed E-state index contributed by atoms with van der Waals surface area (Å²) in [6.45, 7) is 0. The van der Waals surface area contributed by atoms with Crippen molar-refractivity contribution in [2.45, 2.75) is 0 Å². The van der Waals surface area contributed by atoms with Crippen molar-refractivity contribution in [3.63, 3.8) is 0 Å². The topological polar surface area (TPSA) is 26.9 Å². The average Bonchev–Trinajstić information content (AvgIpc) is 3.74. The van der Waals surface area contributed by atoms with Gasteiger partial charge in [-0.15, -0.1) is 0 Å². The molecule has 0 aliphatic heterocycles. The van der Waals surface area contributed by atoms with Gasteiger partial charge >= 0.3 is 0 Å². The summed E-state index contributed by atoms with van der Waals surface area (Å²) in [5.74, 6) is 0. The Kier molecular flexibility index (Phi) is 7.09. The second kappa shape index (κ2) is 12.1. The maximum atomic E-state index is 16.5. The summed E-state index contributed by atoms with van der Waals surface area (Å²) in [6.07, 6.45) is 0. The highest BCUT2D eigenvalue weighted by atomic mass is 31.2. The fraction of sp³-hybridized carbons (Fsp3) is 0. The molecule has 2 aromatic heterocycles. The van der Waals surface area contributed by atoms with E-state index in [4.69, 9.17) is 0 Å². The van der Waals surface area contributed by atoms with E-state index in [0.717, 1.165) is 82.0 Å². The Hall–Kier alpha value is -6.41. The quantitative estimate of drug-likeness (QED) is 0.160. The van der Waals surface area contributed by atoms with Crippen LogP contribution in [0.2, 0.25) is 0 Å². The molecule has 0 radical (unpaired) electrons. The third-order valence-corrected chi connectivity index (χ3v) is 13.4. The van der Waals surface area contributed by atoms with Crippen molar-refractivity contribution >= 4 is 66.7 Å². The van der Waals surface area contributed by atoms with Crippen molar-refractivity contribution in [2.75, 3.05) is 0 Å². The lowest BCUT2D eigenvalue weighted by Gasteiger charge is -2.22. The number of nitrogens with zero attached hydrogens (tertiary/aromatic N) is 2. The summed E-state index contributed by atoms with van der Waals surface area (Å²) >= 11 is 0.